The van der Waals surface area contributed by atoms with E-state index in [9.17, 15) is 0 Å². The van der Waals surface area contributed by atoms with E-state index in [4.69, 9.17) is 5.11 Å². The van der Waals surface area contributed by atoms with Crippen LogP contribution in [0, 0.1) is 0 Å². The molecule has 0 bridgehead atoms. The Labute approximate surface area is 129 Å². The molecule has 3 rings (SSSR count). The molecule has 3 aromatic rings. The Kier molecular flexibility index (Phi) is 4.06. The fraction of sp³-hybridized carbons (Fsp3) is 0.294. The van der Waals surface area contributed by atoms with E-state index in [2.05, 4.69) is 58.4 Å². The quantitative estimate of drug-likeness (QED) is 0.676. The number of aromatic amines is 1. The molecule has 0 saturated carbocycles. The molecule has 5 heteroatoms. The van der Waals surface area contributed by atoms with Crippen LogP contribution in [0.4, 0.5) is 5.82 Å². The monoisotopic (exact) mass is 296 g/mol. The summed E-state index contributed by atoms with van der Waals surface area (Å²) in [5.41, 5.74) is 4.08. The average Bonchev–Trinajstić information content (AvgIpc) is 2.97. The second-order valence-electron chi connectivity index (χ2n) is 5.57. The molecule has 114 valence electrons. The molecule has 0 aliphatic heterocycles. The number of anilines is 1. The van der Waals surface area contributed by atoms with Crippen LogP contribution in [0.2, 0.25) is 0 Å². The van der Waals surface area contributed by atoms with Crippen molar-refractivity contribution in [1.82, 2.24) is 15.0 Å². The number of fused-ring (bicyclic) bond motifs is 1. The molecule has 0 saturated heterocycles. The van der Waals surface area contributed by atoms with Crippen LogP contribution in [-0.4, -0.2) is 33.2 Å². The second-order valence-corrected chi connectivity index (χ2v) is 5.57. The third kappa shape index (κ3) is 2.80. The maximum absolute atomic E-state index is 8.95. The van der Waals surface area contributed by atoms with Crippen LogP contribution in [0.5, 0.6) is 0 Å². The molecule has 0 radical (unpaired) electrons. The number of aliphatic hydroxyl groups excluding tert-OH is 1. The molecular formula is C17H20N4O. The van der Waals surface area contributed by atoms with Crippen molar-refractivity contribution >= 4 is 16.9 Å². The van der Waals surface area contributed by atoms with Gasteiger partial charge in [0.05, 0.1) is 12.1 Å². The van der Waals surface area contributed by atoms with Gasteiger partial charge in [-0.25, -0.2) is 9.97 Å². The number of hydrogen-bond donors (Lipinski definition) is 3. The molecular weight excluding hydrogens is 276 g/mol. The van der Waals surface area contributed by atoms with Gasteiger partial charge in [-0.1, -0.05) is 32.0 Å². The first kappa shape index (κ1) is 14.5. The van der Waals surface area contributed by atoms with Gasteiger partial charge in [-0.05, 0) is 23.6 Å². The van der Waals surface area contributed by atoms with Crippen molar-refractivity contribution in [2.75, 3.05) is 18.5 Å². The van der Waals surface area contributed by atoms with Crippen molar-refractivity contribution in [2.24, 2.45) is 0 Å². The lowest BCUT2D eigenvalue weighted by Crippen LogP contribution is -2.07. The Hall–Kier alpha value is -2.40. The first-order valence-electron chi connectivity index (χ1n) is 7.49. The maximum atomic E-state index is 8.95. The molecule has 0 fully saturated rings. The van der Waals surface area contributed by atoms with Gasteiger partial charge in [-0.2, -0.15) is 0 Å². The molecule has 5 nitrogen and oxygen atoms in total. The predicted molar refractivity (Wildman–Crippen MR) is 89.0 cm³/mol. The largest absolute Gasteiger partial charge is 0.395 e. The Bertz CT molecular complexity index is 779. The number of nitrogens with zero attached hydrogens (tertiary/aromatic N) is 2. The fourth-order valence-electron chi connectivity index (χ4n) is 2.42. The molecule has 0 unspecified atom stereocenters. The van der Waals surface area contributed by atoms with Crippen molar-refractivity contribution in [3.63, 3.8) is 0 Å². The van der Waals surface area contributed by atoms with Crippen LogP contribution >= 0.6 is 0 Å². The molecule has 0 amide bonds. The first-order valence-corrected chi connectivity index (χ1v) is 7.49. The van der Waals surface area contributed by atoms with Crippen molar-refractivity contribution in [3.05, 3.63) is 42.1 Å². The lowest BCUT2D eigenvalue weighted by molar-refractivity contribution is 0.311. The summed E-state index contributed by atoms with van der Waals surface area (Å²) in [4.78, 5) is 12.3. The van der Waals surface area contributed by atoms with Crippen LogP contribution in [0.3, 0.4) is 0 Å². The van der Waals surface area contributed by atoms with E-state index in [-0.39, 0.29) is 6.61 Å². The molecule has 0 aliphatic rings. The normalized spacial score (nSPS) is 11.3. The van der Waals surface area contributed by atoms with Gasteiger partial charge in [0.1, 0.15) is 11.3 Å². The van der Waals surface area contributed by atoms with E-state index in [1.807, 2.05) is 6.07 Å². The van der Waals surface area contributed by atoms with Crippen molar-refractivity contribution < 1.29 is 5.11 Å². The van der Waals surface area contributed by atoms with Gasteiger partial charge < -0.3 is 15.4 Å². The summed E-state index contributed by atoms with van der Waals surface area (Å²) < 4.78 is 0. The highest BCUT2D eigenvalue weighted by atomic mass is 16.3. The highest BCUT2D eigenvalue weighted by molar-refractivity contribution is 5.88. The zero-order valence-corrected chi connectivity index (χ0v) is 12.8. The Morgan fingerprint density at radius 3 is 2.91 bits per heavy atom. The summed E-state index contributed by atoms with van der Waals surface area (Å²) in [6, 6.07) is 10.3. The first-order chi connectivity index (χ1) is 10.7. The summed E-state index contributed by atoms with van der Waals surface area (Å²) in [6.45, 7) is 4.88. The lowest BCUT2D eigenvalue weighted by atomic mass is 10.0. The van der Waals surface area contributed by atoms with Crippen molar-refractivity contribution in [1.29, 1.82) is 0 Å². The van der Waals surface area contributed by atoms with Gasteiger partial charge in [0.15, 0.2) is 5.82 Å². The van der Waals surface area contributed by atoms with E-state index in [0.29, 0.717) is 18.3 Å². The Balaban J connectivity index is 2.03. The number of aliphatic hydroxyl groups is 1. The van der Waals surface area contributed by atoms with E-state index in [1.54, 1.807) is 6.20 Å². The third-order valence-corrected chi connectivity index (χ3v) is 3.63. The molecule has 2 heterocycles. The van der Waals surface area contributed by atoms with Gasteiger partial charge in [-0.3, -0.25) is 0 Å². The molecule has 2 aromatic heterocycles. The van der Waals surface area contributed by atoms with E-state index >= 15 is 0 Å². The van der Waals surface area contributed by atoms with Crippen LogP contribution in [0.25, 0.3) is 22.4 Å². The second kappa shape index (κ2) is 6.15. The smallest absolute Gasteiger partial charge is 0.154 e. The van der Waals surface area contributed by atoms with Crippen molar-refractivity contribution in [2.45, 2.75) is 19.8 Å². The molecule has 0 atom stereocenters. The minimum Gasteiger partial charge on any atom is -0.395 e. The predicted octanol–water partition coefficient (Wildman–Crippen LogP) is 3.15. The number of H-pyrrole nitrogens is 1. The highest BCUT2D eigenvalue weighted by Gasteiger charge is 2.10. The van der Waals surface area contributed by atoms with Crippen LogP contribution in [0.15, 0.2) is 36.5 Å². The third-order valence-electron chi connectivity index (χ3n) is 3.63. The Morgan fingerprint density at radius 2 is 2.14 bits per heavy atom. The SMILES string of the molecule is CC(C)c1cccc(-c2nc3c(NCCO)nccc3[nH]2)c1. The minimum absolute atomic E-state index is 0.0613. The topological polar surface area (TPSA) is 73.8 Å². The summed E-state index contributed by atoms with van der Waals surface area (Å²) in [5, 5.41) is 12.0. The summed E-state index contributed by atoms with van der Waals surface area (Å²) in [7, 11) is 0. The fourth-order valence-corrected chi connectivity index (χ4v) is 2.42. The summed E-state index contributed by atoms with van der Waals surface area (Å²) >= 11 is 0. The number of aromatic nitrogens is 3. The van der Waals surface area contributed by atoms with Crippen LogP contribution < -0.4 is 5.32 Å². The lowest BCUT2D eigenvalue weighted by Gasteiger charge is -2.06. The van der Waals surface area contributed by atoms with Gasteiger partial charge in [-0.15, -0.1) is 0 Å². The van der Waals surface area contributed by atoms with E-state index in [0.717, 1.165) is 22.4 Å². The van der Waals surface area contributed by atoms with Crippen LogP contribution in [0.1, 0.15) is 25.3 Å². The standard InChI is InChI=1S/C17H20N4O/c1-11(2)12-4-3-5-13(10-12)16-20-14-6-7-18-17(15(14)21-16)19-8-9-22/h3-7,10-11,22H,8-9H2,1-2H3,(H,18,19)(H,20,21). The molecule has 0 aliphatic carbocycles. The van der Waals surface area contributed by atoms with Gasteiger partial charge >= 0.3 is 0 Å². The number of imidazole rings is 1. The maximum Gasteiger partial charge on any atom is 0.154 e. The van der Waals surface area contributed by atoms with Gasteiger partial charge in [0.2, 0.25) is 0 Å². The van der Waals surface area contributed by atoms with Gasteiger partial charge in [0, 0.05) is 18.3 Å². The zero-order valence-electron chi connectivity index (χ0n) is 12.8. The van der Waals surface area contributed by atoms with E-state index < -0.39 is 0 Å². The molecule has 22 heavy (non-hydrogen) atoms. The van der Waals surface area contributed by atoms with Gasteiger partial charge in [0.25, 0.3) is 0 Å². The highest BCUT2D eigenvalue weighted by Crippen LogP contribution is 2.26. The summed E-state index contributed by atoms with van der Waals surface area (Å²) in [6.07, 6.45) is 1.73. The van der Waals surface area contributed by atoms with Crippen molar-refractivity contribution in [3.8, 4) is 11.4 Å². The number of benzene rings is 1. The molecule has 1 aromatic carbocycles. The Morgan fingerprint density at radius 1 is 1.27 bits per heavy atom. The number of hydrogen-bond acceptors (Lipinski definition) is 4. The van der Waals surface area contributed by atoms with Crippen LogP contribution in [-0.2, 0) is 0 Å². The average molecular weight is 296 g/mol. The number of pyridine rings is 1. The number of rotatable bonds is 5. The zero-order chi connectivity index (χ0) is 15.5. The molecule has 3 N–H and O–H groups in total. The molecule has 0 spiro atoms. The minimum atomic E-state index is 0.0613. The number of nitrogens with one attached hydrogen (secondary N) is 2. The van der Waals surface area contributed by atoms with E-state index in [1.165, 1.54) is 5.56 Å². The summed E-state index contributed by atoms with van der Waals surface area (Å²) in [5.74, 6) is 2.00.